The standard InChI is InChI=1S/C20H22N6O3S/c21-30(28,29)15-3-1-14(2-4-15)19(27)26-10-9-25(11-20(12-26)6-7-20)18-16-5-8-22-17(16)23-13-24-18/h1-5,8,13H,6-7,9-12H2,(H2,21,28,29)(H,22,23,24). The van der Waals surface area contributed by atoms with Crippen LogP contribution in [0.5, 0.6) is 0 Å². The molecule has 30 heavy (non-hydrogen) atoms. The number of hydrogen-bond acceptors (Lipinski definition) is 6. The average molecular weight is 427 g/mol. The number of nitrogens with two attached hydrogens (primary N) is 1. The van der Waals surface area contributed by atoms with Gasteiger partial charge in [0.2, 0.25) is 10.0 Å². The quantitative estimate of drug-likeness (QED) is 0.651. The van der Waals surface area contributed by atoms with E-state index in [-0.39, 0.29) is 16.2 Å². The van der Waals surface area contributed by atoms with Crippen LogP contribution in [-0.2, 0) is 10.0 Å². The monoisotopic (exact) mass is 426 g/mol. The molecule has 2 aliphatic rings. The summed E-state index contributed by atoms with van der Waals surface area (Å²) in [7, 11) is -3.78. The molecule has 3 heterocycles. The van der Waals surface area contributed by atoms with E-state index in [2.05, 4.69) is 19.9 Å². The number of carbonyl (C=O) groups excluding carboxylic acids is 1. The number of hydrogen-bond donors (Lipinski definition) is 2. The molecule has 3 N–H and O–H groups in total. The van der Waals surface area contributed by atoms with Crippen molar-refractivity contribution >= 4 is 32.8 Å². The second-order valence-electron chi connectivity index (χ2n) is 8.15. The lowest BCUT2D eigenvalue weighted by molar-refractivity contribution is 0.0740. The Morgan fingerprint density at radius 2 is 1.83 bits per heavy atom. The van der Waals surface area contributed by atoms with Crippen molar-refractivity contribution in [1.29, 1.82) is 0 Å². The summed E-state index contributed by atoms with van der Waals surface area (Å²) in [5, 5.41) is 6.13. The molecule has 0 bridgehead atoms. The summed E-state index contributed by atoms with van der Waals surface area (Å²) in [6.07, 6.45) is 5.56. The highest BCUT2D eigenvalue weighted by Gasteiger charge is 2.48. The molecule has 5 rings (SSSR count). The van der Waals surface area contributed by atoms with Gasteiger partial charge in [-0.1, -0.05) is 0 Å². The summed E-state index contributed by atoms with van der Waals surface area (Å²) in [6.45, 7) is 2.76. The molecule has 156 valence electrons. The number of primary sulfonamides is 1. The van der Waals surface area contributed by atoms with Gasteiger partial charge in [0.15, 0.2) is 0 Å². The van der Waals surface area contributed by atoms with Crippen LogP contribution in [0.15, 0.2) is 47.8 Å². The van der Waals surface area contributed by atoms with Gasteiger partial charge in [-0.2, -0.15) is 0 Å². The topological polar surface area (TPSA) is 125 Å². The maximum absolute atomic E-state index is 13.1. The number of aromatic amines is 1. The van der Waals surface area contributed by atoms with Gasteiger partial charge >= 0.3 is 0 Å². The molecular weight excluding hydrogens is 404 g/mol. The van der Waals surface area contributed by atoms with Gasteiger partial charge in [-0.3, -0.25) is 4.79 Å². The molecule has 0 radical (unpaired) electrons. The van der Waals surface area contributed by atoms with E-state index in [1.807, 2.05) is 17.2 Å². The van der Waals surface area contributed by atoms with Gasteiger partial charge < -0.3 is 14.8 Å². The van der Waals surface area contributed by atoms with E-state index in [9.17, 15) is 13.2 Å². The Hall–Kier alpha value is -2.98. The number of fused-ring (bicyclic) bond motifs is 1. The first-order valence-corrected chi connectivity index (χ1v) is 11.3. The van der Waals surface area contributed by atoms with Crippen molar-refractivity contribution in [3.05, 3.63) is 48.4 Å². The van der Waals surface area contributed by atoms with Crippen LogP contribution in [0.25, 0.3) is 11.0 Å². The number of nitrogens with zero attached hydrogens (tertiary/aromatic N) is 4. The summed E-state index contributed by atoms with van der Waals surface area (Å²) in [5.74, 6) is 0.790. The second-order valence-corrected chi connectivity index (χ2v) is 9.72. The normalized spacial score (nSPS) is 18.6. The molecule has 0 unspecified atom stereocenters. The number of rotatable bonds is 3. The third-order valence-corrected chi connectivity index (χ3v) is 6.93. The highest BCUT2D eigenvalue weighted by Crippen LogP contribution is 2.48. The molecule has 1 saturated heterocycles. The maximum atomic E-state index is 13.1. The highest BCUT2D eigenvalue weighted by atomic mass is 32.2. The molecule has 9 nitrogen and oxygen atoms in total. The third-order valence-electron chi connectivity index (χ3n) is 6.00. The van der Waals surface area contributed by atoms with Crippen molar-refractivity contribution in [1.82, 2.24) is 19.9 Å². The summed E-state index contributed by atoms with van der Waals surface area (Å²) < 4.78 is 22.9. The third kappa shape index (κ3) is 3.41. The van der Waals surface area contributed by atoms with E-state index in [1.54, 1.807) is 6.33 Å². The lowest BCUT2D eigenvalue weighted by Crippen LogP contribution is -2.36. The molecule has 1 aliphatic carbocycles. The predicted molar refractivity (Wildman–Crippen MR) is 111 cm³/mol. The minimum Gasteiger partial charge on any atom is -0.354 e. The van der Waals surface area contributed by atoms with Crippen LogP contribution in [0.2, 0.25) is 0 Å². The van der Waals surface area contributed by atoms with E-state index < -0.39 is 10.0 Å². The average Bonchev–Trinajstić information content (AvgIpc) is 3.37. The minimum absolute atomic E-state index is 0.000893. The highest BCUT2D eigenvalue weighted by molar-refractivity contribution is 7.89. The van der Waals surface area contributed by atoms with Gasteiger partial charge in [-0.25, -0.2) is 23.5 Å². The first-order chi connectivity index (χ1) is 14.3. The fourth-order valence-corrected chi connectivity index (χ4v) is 4.70. The van der Waals surface area contributed by atoms with Crippen molar-refractivity contribution in [2.75, 3.05) is 31.1 Å². The van der Waals surface area contributed by atoms with E-state index in [0.717, 1.165) is 36.2 Å². The van der Waals surface area contributed by atoms with Crippen molar-refractivity contribution < 1.29 is 13.2 Å². The molecule has 1 aliphatic heterocycles. The van der Waals surface area contributed by atoms with Crippen molar-refractivity contribution in [2.24, 2.45) is 10.6 Å². The molecule has 10 heteroatoms. The molecule has 0 atom stereocenters. The predicted octanol–water partition coefficient (Wildman–Crippen LogP) is 1.35. The number of sulfonamides is 1. The van der Waals surface area contributed by atoms with Gasteiger partial charge in [0.1, 0.15) is 17.8 Å². The molecule has 1 saturated carbocycles. The Morgan fingerprint density at radius 1 is 1.07 bits per heavy atom. The molecular formula is C20H22N6O3S. The first-order valence-electron chi connectivity index (χ1n) is 9.80. The SMILES string of the molecule is NS(=O)(=O)c1ccc(C(=O)N2CCN(c3ncnc4[nH]ccc34)CC3(CC3)C2)cc1. The lowest BCUT2D eigenvalue weighted by Gasteiger charge is -2.25. The second kappa shape index (κ2) is 6.78. The fourth-order valence-electron chi connectivity index (χ4n) is 4.19. The number of aromatic nitrogens is 3. The van der Waals surface area contributed by atoms with Crippen LogP contribution < -0.4 is 10.0 Å². The molecule has 2 fully saturated rings. The summed E-state index contributed by atoms with van der Waals surface area (Å²) in [4.78, 5) is 29.2. The Labute approximate surface area is 174 Å². The Bertz CT molecular complexity index is 1220. The Kier molecular flexibility index (Phi) is 4.30. The van der Waals surface area contributed by atoms with Crippen LogP contribution in [0.4, 0.5) is 5.82 Å². The summed E-state index contributed by atoms with van der Waals surface area (Å²) >= 11 is 0. The smallest absolute Gasteiger partial charge is 0.253 e. The van der Waals surface area contributed by atoms with Crippen molar-refractivity contribution in [3.8, 4) is 0 Å². The van der Waals surface area contributed by atoms with Crippen LogP contribution in [0.1, 0.15) is 23.2 Å². The maximum Gasteiger partial charge on any atom is 0.253 e. The molecule has 1 amide bonds. The molecule has 1 aromatic carbocycles. The lowest BCUT2D eigenvalue weighted by atomic mass is 10.1. The number of amides is 1. The van der Waals surface area contributed by atoms with Gasteiger partial charge in [0.25, 0.3) is 5.91 Å². The summed E-state index contributed by atoms with van der Waals surface area (Å²) in [5.41, 5.74) is 1.33. The van der Waals surface area contributed by atoms with Gasteiger partial charge in [-0.05, 0) is 43.2 Å². The van der Waals surface area contributed by atoms with Gasteiger partial charge in [0.05, 0.1) is 10.3 Å². The molecule has 2 aromatic heterocycles. The minimum atomic E-state index is -3.78. The molecule has 3 aromatic rings. The van der Waals surface area contributed by atoms with E-state index in [0.29, 0.717) is 25.2 Å². The Morgan fingerprint density at radius 3 is 2.53 bits per heavy atom. The van der Waals surface area contributed by atoms with E-state index in [4.69, 9.17) is 5.14 Å². The first kappa shape index (κ1) is 19.0. The van der Waals surface area contributed by atoms with Crippen LogP contribution >= 0.6 is 0 Å². The zero-order valence-electron chi connectivity index (χ0n) is 16.3. The number of H-pyrrole nitrogens is 1. The van der Waals surface area contributed by atoms with Crippen LogP contribution in [0, 0.1) is 5.41 Å². The van der Waals surface area contributed by atoms with Gasteiger partial charge in [-0.15, -0.1) is 0 Å². The fraction of sp³-hybridized carbons (Fsp3) is 0.350. The summed E-state index contributed by atoms with van der Waals surface area (Å²) in [6, 6.07) is 7.79. The number of anilines is 1. The van der Waals surface area contributed by atoms with Crippen molar-refractivity contribution in [3.63, 3.8) is 0 Å². The number of carbonyl (C=O) groups is 1. The van der Waals surface area contributed by atoms with Crippen molar-refractivity contribution in [2.45, 2.75) is 17.7 Å². The van der Waals surface area contributed by atoms with E-state index >= 15 is 0 Å². The number of nitrogens with one attached hydrogen (secondary N) is 1. The van der Waals surface area contributed by atoms with Gasteiger partial charge in [0, 0.05) is 43.4 Å². The Balaban J connectivity index is 1.40. The number of benzene rings is 1. The van der Waals surface area contributed by atoms with Crippen LogP contribution in [-0.4, -0.2) is 60.4 Å². The van der Waals surface area contributed by atoms with Crippen LogP contribution in [0.3, 0.4) is 0 Å². The zero-order chi connectivity index (χ0) is 20.9. The largest absolute Gasteiger partial charge is 0.354 e. The molecule has 1 spiro atoms. The zero-order valence-corrected chi connectivity index (χ0v) is 17.1. The van der Waals surface area contributed by atoms with E-state index in [1.165, 1.54) is 24.3 Å².